The first kappa shape index (κ1) is 14.7. The van der Waals surface area contributed by atoms with Crippen LogP contribution in [0.2, 0.25) is 5.02 Å². The number of carbonyl (C=O) groups excluding carboxylic acids is 1. The van der Waals surface area contributed by atoms with E-state index in [2.05, 4.69) is 27.9 Å². The Bertz CT molecular complexity index is 419. The summed E-state index contributed by atoms with van der Waals surface area (Å²) in [5.41, 5.74) is -0.0559. The maximum absolute atomic E-state index is 12.1. The fourth-order valence-corrected chi connectivity index (χ4v) is 2.25. The Labute approximate surface area is 120 Å². The van der Waals surface area contributed by atoms with E-state index in [0.29, 0.717) is 11.4 Å². The number of methoxy groups -OCH3 is 1. The topological polar surface area (TPSA) is 38.3 Å². The van der Waals surface area contributed by atoms with Gasteiger partial charge in [0.25, 0.3) is 5.91 Å². The summed E-state index contributed by atoms with van der Waals surface area (Å²) in [7, 11) is 1.54. The second kappa shape index (κ2) is 6.02. The van der Waals surface area contributed by atoms with Crippen molar-refractivity contribution >= 4 is 45.8 Å². The summed E-state index contributed by atoms with van der Waals surface area (Å²) in [6, 6.07) is 5.33. The monoisotopic (exact) mass is 367 g/mol. The molecule has 3 nitrogen and oxygen atoms in total. The highest BCUT2D eigenvalue weighted by Gasteiger charge is 2.31. The number of anilines is 1. The molecule has 0 saturated heterocycles. The van der Waals surface area contributed by atoms with Gasteiger partial charge in [-0.1, -0.05) is 18.5 Å². The van der Waals surface area contributed by atoms with Crippen molar-refractivity contribution in [2.45, 2.75) is 25.9 Å². The predicted octanol–water partition coefficient (Wildman–Crippen LogP) is 3.70. The van der Waals surface area contributed by atoms with Gasteiger partial charge in [0, 0.05) is 15.7 Å². The Kier molecular flexibility index (Phi) is 5.22. The molecule has 0 heterocycles. The van der Waals surface area contributed by atoms with Gasteiger partial charge in [0.05, 0.1) is 5.69 Å². The quantitative estimate of drug-likeness (QED) is 0.824. The van der Waals surface area contributed by atoms with Crippen molar-refractivity contribution in [3.8, 4) is 0 Å². The zero-order valence-electron chi connectivity index (χ0n) is 10.0. The highest BCUT2D eigenvalue weighted by molar-refractivity contribution is 14.1. The normalized spacial score (nSPS) is 14.2. The third kappa shape index (κ3) is 3.56. The van der Waals surface area contributed by atoms with E-state index in [4.69, 9.17) is 16.3 Å². The number of hydrogen-bond donors (Lipinski definition) is 1. The van der Waals surface area contributed by atoms with Gasteiger partial charge in [-0.2, -0.15) is 0 Å². The Balaban J connectivity index is 2.88. The van der Waals surface area contributed by atoms with Gasteiger partial charge >= 0.3 is 0 Å². The molecule has 5 heteroatoms. The number of ether oxygens (including phenoxy) is 1. The molecule has 1 aromatic carbocycles. The maximum Gasteiger partial charge on any atom is 0.256 e. The number of halogens is 2. The largest absolute Gasteiger partial charge is 0.369 e. The van der Waals surface area contributed by atoms with Crippen LogP contribution < -0.4 is 5.32 Å². The van der Waals surface area contributed by atoms with Crippen LogP contribution in [0.5, 0.6) is 0 Å². The third-order valence-electron chi connectivity index (χ3n) is 2.78. The van der Waals surface area contributed by atoms with Crippen LogP contribution in [-0.2, 0) is 9.53 Å². The summed E-state index contributed by atoms with van der Waals surface area (Å²) in [5.74, 6) is -0.150. The molecule has 0 aromatic heterocycles. The predicted molar refractivity (Wildman–Crippen MR) is 78.5 cm³/mol. The third-order valence-corrected chi connectivity index (χ3v) is 3.91. The Morgan fingerprint density at radius 3 is 2.71 bits per heavy atom. The molecular weight excluding hydrogens is 352 g/mol. The minimum atomic E-state index is -0.803. The molecule has 0 saturated carbocycles. The Hall–Kier alpha value is -0.330. The molecule has 0 aliphatic heterocycles. The van der Waals surface area contributed by atoms with Crippen molar-refractivity contribution in [2.75, 3.05) is 12.4 Å². The molecular formula is C12H15ClINO2. The van der Waals surface area contributed by atoms with E-state index in [-0.39, 0.29) is 5.91 Å². The van der Waals surface area contributed by atoms with Gasteiger partial charge in [0.15, 0.2) is 0 Å². The van der Waals surface area contributed by atoms with Crippen LogP contribution in [0.1, 0.15) is 20.3 Å². The van der Waals surface area contributed by atoms with Gasteiger partial charge in [-0.15, -0.1) is 0 Å². The standard InChI is InChI=1S/C12H15ClINO2/c1-4-12(2,17-3)11(16)15-10-6-5-8(13)7-9(10)14/h5-7H,4H2,1-3H3,(H,15,16). The van der Waals surface area contributed by atoms with Crippen LogP contribution in [0.25, 0.3) is 0 Å². The van der Waals surface area contributed by atoms with Crippen molar-refractivity contribution in [3.63, 3.8) is 0 Å². The second-order valence-electron chi connectivity index (χ2n) is 3.87. The van der Waals surface area contributed by atoms with Crippen LogP contribution in [0, 0.1) is 3.57 Å². The molecule has 94 valence electrons. The van der Waals surface area contributed by atoms with Gasteiger partial charge in [0.1, 0.15) is 5.60 Å². The van der Waals surface area contributed by atoms with Crippen LogP contribution in [0.4, 0.5) is 5.69 Å². The first-order valence-corrected chi connectivity index (χ1v) is 6.70. The van der Waals surface area contributed by atoms with E-state index in [1.807, 2.05) is 6.92 Å². The van der Waals surface area contributed by atoms with E-state index >= 15 is 0 Å². The molecule has 0 aliphatic rings. The van der Waals surface area contributed by atoms with Crippen molar-refractivity contribution in [2.24, 2.45) is 0 Å². The smallest absolute Gasteiger partial charge is 0.256 e. The number of rotatable bonds is 4. The number of nitrogens with one attached hydrogen (secondary N) is 1. The van der Waals surface area contributed by atoms with E-state index in [1.165, 1.54) is 7.11 Å². The summed E-state index contributed by atoms with van der Waals surface area (Å²) in [6.45, 7) is 3.68. The van der Waals surface area contributed by atoms with Crippen LogP contribution in [0.3, 0.4) is 0 Å². The van der Waals surface area contributed by atoms with Gasteiger partial charge in [-0.3, -0.25) is 4.79 Å². The molecule has 0 radical (unpaired) electrons. The summed E-state index contributed by atoms with van der Waals surface area (Å²) in [5, 5.41) is 3.50. The van der Waals surface area contributed by atoms with E-state index in [9.17, 15) is 4.79 Å². The molecule has 1 unspecified atom stereocenters. The molecule has 1 N–H and O–H groups in total. The average molecular weight is 368 g/mol. The van der Waals surface area contributed by atoms with Gasteiger partial charge < -0.3 is 10.1 Å². The Morgan fingerprint density at radius 1 is 1.59 bits per heavy atom. The number of benzene rings is 1. The van der Waals surface area contributed by atoms with Gasteiger partial charge in [-0.25, -0.2) is 0 Å². The highest BCUT2D eigenvalue weighted by atomic mass is 127. The fourth-order valence-electron chi connectivity index (χ4n) is 1.24. The minimum Gasteiger partial charge on any atom is -0.369 e. The summed E-state index contributed by atoms with van der Waals surface area (Å²) >= 11 is 7.99. The molecule has 0 bridgehead atoms. The molecule has 1 rings (SSSR count). The molecule has 0 fully saturated rings. The molecule has 1 aromatic rings. The lowest BCUT2D eigenvalue weighted by Gasteiger charge is -2.25. The number of carbonyl (C=O) groups is 1. The van der Waals surface area contributed by atoms with Crippen molar-refractivity contribution < 1.29 is 9.53 Å². The van der Waals surface area contributed by atoms with Crippen LogP contribution in [-0.4, -0.2) is 18.6 Å². The van der Waals surface area contributed by atoms with Gasteiger partial charge in [-0.05, 0) is 54.1 Å². The number of amides is 1. The first-order chi connectivity index (χ1) is 7.92. The number of hydrogen-bond acceptors (Lipinski definition) is 2. The molecule has 0 aliphatic carbocycles. The Morgan fingerprint density at radius 2 is 2.24 bits per heavy atom. The molecule has 1 atom stereocenters. The summed E-state index contributed by atoms with van der Waals surface area (Å²) in [4.78, 5) is 12.1. The lowest BCUT2D eigenvalue weighted by Crippen LogP contribution is -2.41. The summed E-state index contributed by atoms with van der Waals surface area (Å²) < 4.78 is 6.14. The maximum atomic E-state index is 12.1. The average Bonchev–Trinajstić information content (AvgIpc) is 2.31. The highest BCUT2D eigenvalue weighted by Crippen LogP contribution is 2.24. The van der Waals surface area contributed by atoms with Crippen molar-refractivity contribution in [1.29, 1.82) is 0 Å². The molecule has 0 spiro atoms. The summed E-state index contributed by atoms with van der Waals surface area (Å²) in [6.07, 6.45) is 0.611. The molecule has 1 amide bonds. The van der Waals surface area contributed by atoms with E-state index < -0.39 is 5.60 Å². The van der Waals surface area contributed by atoms with Crippen LogP contribution in [0.15, 0.2) is 18.2 Å². The van der Waals surface area contributed by atoms with E-state index in [1.54, 1.807) is 25.1 Å². The zero-order valence-corrected chi connectivity index (χ0v) is 12.9. The van der Waals surface area contributed by atoms with E-state index in [0.717, 1.165) is 9.26 Å². The first-order valence-electron chi connectivity index (χ1n) is 5.24. The molecule has 17 heavy (non-hydrogen) atoms. The van der Waals surface area contributed by atoms with Crippen LogP contribution >= 0.6 is 34.2 Å². The van der Waals surface area contributed by atoms with Crippen molar-refractivity contribution in [3.05, 3.63) is 26.8 Å². The van der Waals surface area contributed by atoms with Crippen molar-refractivity contribution in [1.82, 2.24) is 0 Å². The lowest BCUT2D eigenvalue weighted by atomic mass is 10.0. The SMILES string of the molecule is CCC(C)(OC)C(=O)Nc1ccc(Cl)cc1I. The fraction of sp³-hybridized carbons (Fsp3) is 0.417. The second-order valence-corrected chi connectivity index (χ2v) is 5.47. The van der Waals surface area contributed by atoms with Gasteiger partial charge in [0.2, 0.25) is 0 Å². The minimum absolute atomic E-state index is 0.150. The zero-order chi connectivity index (χ0) is 13.1. The lowest BCUT2D eigenvalue weighted by molar-refractivity contribution is -0.136.